The third-order valence-corrected chi connectivity index (χ3v) is 4.99. The quantitative estimate of drug-likeness (QED) is 0.366. The second kappa shape index (κ2) is 4.97. The summed E-state index contributed by atoms with van der Waals surface area (Å²) in [5.41, 5.74) is 6.35. The molecular weight excluding hydrogens is 290 g/mol. The maximum Gasteiger partial charge on any atom is 0.0507 e. The predicted molar refractivity (Wildman–Crippen MR) is 103 cm³/mol. The molecule has 0 spiro atoms. The summed E-state index contributed by atoms with van der Waals surface area (Å²) in [5.74, 6) is 0. The van der Waals surface area contributed by atoms with Gasteiger partial charge in [0.05, 0.1) is 5.52 Å². The lowest BCUT2D eigenvalue weighted by Gasteiger charge is -2.13. The molecule has 114 valence electrons. The fourth-order valence-corrected chi connectivity index (χ4v) is 3.89. The third kappa shape index (κ3) is 1.75. The van der Waals surface area contributed by atoms with Gasteiger partial charge in [0.1, 0.15) is 0 Å². The topological polar surface area (TPSA) is 15.8 Å². The third-order valence-electron chi connectivity index (χ3n) is 4.99. The predicted octanol–water partition coefficient (Wildman–Crippen LogP) is 6.45. The molecule has 0 aliphatic carbocycles. The molecule has 0 radical (unpaired) electrons. The number of nitrogens with one attached hydrogen (secondary N) is 1. The Bertz CT molecular complexity index is 1200. The van der Waals surface area contributed by atoms with Crippen molar-refractivity contribution in [2.75, 3.05) is 0 Å². The van der Waals surface area contributed by atoms with Crippen molar-refractivity contribution in [2.24, 2.45) is 0 Å². The Morgan fingerprint density at radius 1 is 0.625 bits per heavy atom. The number of hydrogen-bond acceptors (Lipinski definition) is 0. The number of fused-ring (bicyclic) bond motifs is 4. The van der Waals surface area contributed by atoms with E-state index in [1.807, 2.05) is 0 Å². The number of benzene rings is 4. The number of aromatic nitrogens is 1. The minimum absolute atomic E-state index is 1.20. The monoisotopic (exact) mass is 307 g/mol. The van der Waals surface area contributed by atoms with E-state index >= 15 is 0 Å². The van der Waals surface area contributed by atoms with Gasteiger partial charge in [0.25, 0.3) is 0 Å². The van der Waals surface area contributed by atoms with Crippen molar-refractivity contribution < 1.29 is 0 Å². The van der Waals surface area contributed by atoms with Gasteiger partial charge in [0, 0.05) is 16.3 Å². The van der Waals surface area contributed by atoms with E-state index < -0.39 is 0 Å². The van der Waals surface area contributed by atoms with Crippen molar-refractivity contribution >= 4 is 32.6 Å². The first-order valence-corrected chi connectivity index (χ1v) is 8.32. The second-order valence-electron chi connectivity index (χ2n) is 6.33. The SMILES string of the molecule is Cc1c2ccccc2c(-c2ccccc2)c2c1[nH]c1ccccc12. The summed E-state index contributed by atoms with van der Waals surface area (Å²) in [6, 6.07) is 28.0. The zero-order valence-corrected chi connectivity index (χ0v) is 13.5. The molecular formula is C23H17N. The average Bonchev–Trinajstić information content (AvgIpc) is 3.03. The molecule has 0 bridgehead atoms. The molecule has 1 heteroatoms. The minimum Gasteiger partial charge on any atom is -0.354 e. The van der Waals surface area contributed by atoms with Crippen LogP contribution >= 0.6 is 0 Å². The highest BCUT2D eigenvalue weighted by Crippen LogP contribution is 2.42. The Morgan fingerprint density at radius 2 is 1.25 bits per heavy atom. The summed E-state index contributed by atoms with van der Waals surface area (Å²) in [6.45, 7) is 2.22. The van der Waals surface area contributed by atoms with Crippen LogP contribution in [0.5, 0.6) is 0 Å². The summed E-state index contributed by atoms with van der Waals surface area (Å²) >= 11 is 0. The Hall–Kier alpha value is -3.06. The lowest BCUT2D eigenvalue weighted by atomic mass is 9.91. The van der Waals surface area contributed by atoms with Crippen molar-refractivity contribution in [3.05, 3.63) is 84.4 Å². The lowest BCUT2D eigenvalue weighted by Crippen LogP contribution is -1.88. The molecule has 0 amide bonds. The van der Waals surface area contributed by atoms with Crippen LogP contribution in [0.4, 0.5) is 0 Å². The van der Waals surface area contributed by atoms with Crippen molar-refractivity contribution in [3.63, 3.8) is 0 Å². The van der Waals surface area contributed by atoms with E-state index in [2.05, 4.69) is 90.8 Å². The molecule has 0 unspecified atom stereocenters. The molecule has 1 heterocycles. The molecule has 0 atom stereocenters. The first kappa shape index (κ1) is 13.4. The molecule has 1 nitrogen and oxygen atoms in total. The zero-order chi connectivity index (χ0) is 16.1. The highest BCUT2D eigenvalue weighted by Gasteiger charge is 2.16. The Kier molecular flexibility index (Phi) is 2.77. The van der Waals surface area contributed by atoms with E-state index in [0.717, 1.165) is 0 Å². The molecule has 0 aliphatic heterocycles. The summed E-state index contributed by atoms with van der Waals surface area (Å²) in [5, 5.41) is 5.25. The van der Waals surface area contributed by atoms with Gasteiger partial charge in [0.2, 0.25) is 0 Å². The van der Waals surface area contributed by atoms with Gasteiger partial charge >= 0.3 is 0 Å². The summed E-state index contributed by atoms with van der Waals surface area (Å²) in [7, 11) is 0. The van der Waals surface area contributed by atoms with Gasteiger partial charge in [-0.25, -0.2) is 0 Å². The number of aromatic amines is 1. The molecule has 0 fully saturated rings. The number of rotatable bonds is 1. The van der Waals surface area contributed by atoms with Gasteiger partial charge in [-0.2, -0.15) is 0 Å². The van der Waals surface area contributed by atoms with Crippen LogP contribution < -0.4 is 0 Å². The van der Waals surface area contributed by atoms with Crippen molar-refractivity contribution in [1.82, 2.24) is 4.98 Å². The van der Waals surface area contributed by atoms with Crippen molar-refractivity contribution in [2.45, 2.75) is 6.92 Å². The maximum absolute atomic E-state index is 3.65. The highest BCUT2D eigenvalue weighted by molar-refractivity contribution is 6.23. The lowest BCUT2D eigenvalue weighted by molar-refractivity contribution is 1.48. The van der Waals surface area contributed by atoms with Crippen LogP contribution in [0, 0.1) is 6.92 Å². The van der Waals surface area contributed by atoms with Crippen LogP contribution in [0.2, 0.25) is 0 Å². The first-order valence-electron chi connectivity index (χ1n) is 8.32. The van der Waals surface area contributed by atoms with Crippen molar-refractivity contribution in [3.8, 4) is 11.1 Å². The first-order chi connectivity index (χ1) is 11.8. The average molecular weight is 307 g/mol. The van der Waals surface area contributed by atoms with E-state index in [0.29, 0.717) is 0 Å². The highest BCUT2D eigenvalue weighted by atomic mass is 14.7. The minimum atomic E-state index is 1.20. The van der Waals surface area contributed by atoms with Crippen LogP contribution in [0.1, 0.15) is 5.56 Å². The van der Waals surface area contributed by atoms with E-state index in [1.54, 1.807) is 0 Å². The summed E-state index contributed by atoms with van der Waals surface area (Å²) < 4.78 is 0. The maximum atomic E-state index is 3.65. The normalized spacial score (nSPS) is 11.5. The smallest absolute Gasteiger partial charge is 0.0507 e. The number of H-pyrrole nitrogens is 1. The fourth-order valence-electron chi connectivity index (χ4n) is 3.89. The number of para-hydroxylation sites is 1. The number of hydrogen-bond donors (Lipinski definition) is 1. The largest absolute Gasteiger partial charge is 0.354 e. The molecule has 0 aliphatic rings. The van der Waals surface area contributed by atoms with Crippen LogP contribution in [0.25, 0.3) is 43.7 Å². The van der Waals surface area contributed by atoms with E-state index in [-0.39, 0.29) is 0 Å². The molecule has 5 rings (SSSR count). The fraction of sp³-hybridized carbons (Fsp3) is 0.0435. The van der Waals surface area contributed by atoms with Crippen LogP contribution in [-0.2, 0) is 0 Å². The standard InChI is InChI=1S/C23H17N/c1-15-17-11-5-6-12-18(17)21(16-9-3-2-4-10-16)22-19-13-7-8-14-20(19)24-23(15)22/h2-14,24H,1H3. The molecule has 5 aromatic rings. The Balaban J connectivity index is 2.12. The summed E-state index contributed by atoms with van der Waals surface area (Å²) in [4.78, 5) is 3.65. The van der Waals surface area contributed by atoms with Gasteiger partial charge < -0.3 is 4.98 Å². The second-order valence-corrected chi connectivity index (χ2v) is 6.33. The molecule has 1 N–H and O–H groups in total. The van der Waals surface area contributed by atoms with Gasteiger partial charge in [-0.1, -0.05) is 72.8 Å². The zero-order valence-electron chi connectivity index (χ0n) is 13.5. The van der Waals surface area contributed by atoms with Crippen LogP contribution in [0.15, 0.2) is 78.9 Å². The van der Waals surface area contributed by atoms with E-state index in [1.165, 1.54) is 49.3 Å². The van der Waals surface area contributed by atoms with Gasteiger partial charge in [-0.15, -0.1) is 0 Å². The van der Waals surface area contributed by atoms with Gasteiger partial charge in [0.15, 0.2) is 0 Å². The molecule has 1 aromatic heterocycles. The van der Waals surface area contributed by atoms with E-state index in [4.69, 9.17) is 0 Å². The Morgan fingerprint density at radius 3 is 2.04 bits per heavy atom. The Labute approximate surface area is 140 Å². The molecule has 0 saturated carbocycles. The molecule has 0 saturated heterocycles. The van der Waals surface area contributed by atoms with Crippen LogP contribution in [-0.4, -0.2) is 4.98 Å². The van der Waals surface area contributed by atoms with Crippen LogP contribution in [0.3, 0.4) is 0 Å². The summed E-state index contributed by atoms with van der Waals surface area (Å²) in [6.07, 6.45) is 0. The van der Waals surface area contributed by atoms with Gasteiger partial charge in [-0.3, -0.25) is 0 Å². The van der Waals surface area contributed by atoms with Crippen molar-refractivity contribution in [1.29, 1.82) is 0 Å². The molecule has 24 heavy (non-hydrogen) atoms. The van der Waals surface area contributed by atoms with Gasteiger partial charge in [-0.05, 0) is 40.5 Å². The van der Waals surface area contributed by atoms with E-state index in [9.17, 15) is 0 Å². The number of aryl methyl sites for hydroxylation is 1. The molecule has 4 aromatic carbocycles.